The van der Waals surface area contributed by atoms with Crippen LogP contribution in [0.4, 0.5) is 0 Å². The first kappa shape index (κ1) is 33.2. The summed E-state index contributed by atoms with van der Waals surface area (Å²) >= 11 is 0. The zero-order chi connectivity index (χ0) is 30.4. The van der Waals surface area contributed by atoms with Crippen LogP contribution in [0, 0.1) is 35.5 Å². The lowest BCUT2D eigenvalue weighted by molar-refractivity contribution is -0.00718. The quantitative estimate of drug-likeness (QED) is 0.247. The van der Waals surface area contributed by atoms with E-state index in [1.165, 1.54) is 12.8 Å². The second-order valence-electron chi connectivity index (χ2n) is 14.0. The van der Waals surface area contributed by atoms with E-state index in [9.17, 15) is 0 Å². The lowest BCUT2D eigenvalue weighted by Crippen LogP contribution is -2.38. The molecule has 5 nitrogen and oxygen atoms in total. The van der Waals surface area contributed by atoms with Crippen molar-refractivity contribution < 1.29 is 18.3 Å². The Kier molecular flexibility index (Phi) is 11.8. The van der Waals surface area contributed by atoms with Crippen molar-refractivity contribution in [2.75, 3.05) is 7.11 Å². The van der Waals surface area contributed by atoms with E-state index in [0.29, 0.717) is 35.5 Å². The molecular weight excluding hydrogens is 541 g/mol. The van der Waals surface area contributed by atoms with Crippen LogP contribution in [0.1, 0.15) is 110 Å². The molecule has 234 valence electrons. The van der Waals surface area contributed by atoms with Crippen LogP contribution in [0.2, 0.25) is 0 Å². The lowest BCUT2D eigenvalue weighted by Gasteiger charge is -2.44. The Hall–Kier alpha value is -1.65. The largest absolute Gasteiger partial charge is 0.497 e. The Labute approximate surface area is 256 Å². The molecule has 0 spiro atoms. The van der Waals surface area contributed by atoms with E-state index >= 15 is 4.57 Å². The Morgan fingerprint density at radius 2 is 1.21 bits per heavy atom. The normalized spacial score (nSPS) is 29.7. The molecule has 2 aliphatic rings. The Morgan fingerprint density at radius 1 is 0.714 bits per heavy atom. The van der Waals surface area contributed by atoms with Crippen LogP contribution >= 0.6 is 7.60 Å². The molecule has 0 amide bonds. The first-order valence-electron chi connectivity index (χ1n) is 16.4. The summed E-state index contributed by atoms with van der Waals surface area (Å²) in [6.45, 7) is 15.8. The maximum Gasteiger partial charge on any atom is 0.352 e. The fourth-order valence-electron chi connectivity index (χ4n) is 7.23. The van der Waals surface area contributed by atoms with Crippen molar-refractivity contribution in [1.82, 2.24) is 5.32 Å². The minimum absolute atomic E-state index is 0.0591. The van der Waals surface area contributed by atoms with E-state index in [4.69, 9.17) is 13.8 Å². The van der Waals surface area contributed by atoms with E-state index in [1.807, 2.05) is 30.3 Å². The summed E-state index contributed by atoms with van der Waals surface area (Å²) in [6.07, 6.45) is 6.19. The van der Waals surface area contributed by atoms with Gasteiger partial charge in [-0.3, -0.25) is 9.88 Å². The second kappa shape index (κ2) is 14.9. The molecule has 1 N–H and O–H groups in total. The van der Waals surface area contributed by atoms with E-state index in [-0.39, 0.29) is 18.2 Å². The first-order chi connectivity index (χ1) is 20.0. The van der Waals surface area contributed by atoms with Gasteiger partial charge in [0, 0.05) is 6.04 Å². The van der Waals surface area contributed by atoms with Crippen LogP contribution in [-0.2, 0) is 13.6 Å². The van der Waals surface area contributed by atoms with Gasteiger partial charge < -0.3 is 13.8 Å². The van der Waals surface area contributed by atoms with Crippen LogP contribution in [-0.4, -0.2) is 19.3 Å². The first-order valence-corrected chi connectivity index (χ1v) is 18.0. The summed E-state index contributed by atoms with van der Waals surface area (Å²) < 4.78 is 35.3. The highest BCUT2D eigenvalue weighted by molar-refractivity contribution is 7.54. The highest BCUT2D eigenvalue weighted by Gasteiger charge is 2.47. The van der Waals surface area contributed by atoms with Crippen molar-refractivity contribution >= 4 is 7.60 Å². The standard InChI is InChI=1S/C36H56NO4P/c1-24(2)32-20-14-26(5)22-34(32)40-42(38,41-35-23-27(6)15-21-33(35)25(3)4)36(30-16-18-31(39-8)19-17-30)37-28(7)29-12-10-9-11-13-29/h9-13,16-19,24-28,32-37H,14-15,20-23H2,1-8H3/t26-,27-,28-,32-,33+,34-,35-,36-,42?/m1/s1. The molecule has 2 aromatic rings. The zero-order valence-corrected chi connectivity index (χ0v) is 28.2. The minimum Gasteiger partial charge on any atom is -0.497 e. The molecule has 6 heteroatoms. The molecule has 1 unspecified atom stereocenters. The van der Waals surface area contributed by atoms with Crippen molar-refractivity contribution in [3.8, 4) is 5.75 Å². The van der Waals surface area contributed by atoms with Crippen molar-refractivity contribution in [3.05, 3.63) is 65.7 Å². The molecule has 2 saturated carbocycles. The fourth-order valence-corrected chi connectivity index (χ4v) is 9.70. The average Bonchev–Trinajstić information content (AvgIpc) is 2.96. The topological polar surface area (TPSA) is 56.8 Å². The monoisotopic (exact) mass is 597 g/mol. The second-order valence-corrected chi connectivity index (χ2v) is 16.0. The van der Waals surface area contributed by atoms with Crippen molar-refractivity contribution in [3.63, 3.8) is 0 Å². The number of hydrogen-bond acceptors (Lipinski definition) is 5. The number of rotatable bonds is 12. The van der Waals surface area contributed by atoms with Crippen LogP contribution in [0.25, 0.3) is 0 Å². The summed E-state index contributed by atoms with van der Waals surface area (Å²) in [7, 11) is -2.07. The number of hydrogen-bond donors (Lipinski definition) is 1. The van der Waals surface area contributed by atoms with Gasteiger partial charge in [0.1, 0.15) is 11.5 Å². The van der Waals surface area contributed by atoms with Crippen LogP contribution in [0.5, 0.6) is 5.75 Å². The predicted octanol–water partition coefficient (Wildman–Crippen LogP) is 10.2. The SMILES string of the molecule is COc1ccc([C@H](N[C@H](C)c2ccccc2)P(=O)(O[C@@H]2C[C@H](C)CC[C@@H]2C(C)C)O[C@@H]2C[C@H](C)CC[C@H]2C(C)C)cc1. The Balaban J connectivity index is 1.79. The molecule has 4 rings (SSSR count). The summed E-state index contributed by atoms with van der Waals surface area (Å²) in [6, 6.07) is 18.2. The summed E-state index contributed by atoms with van der Waals surface area (Å²) in [5.41, 5.74) is 2.04. The van der Waals surface area contributed by atoms with Crippen molar-refractivity contribution in [2.45, 2.75) is 111 Å². The van der Waals surface area contributed by atoms with Crippen molar-refractivity contribution in [2.24, 2.45) is 35.5 Å². The van der Waals surface area contributed by atoms with Gasteiger partial charge in [0.2, 0.25) is 0 Å². The predicted molar refractivity (Wildman–Crippen MR) is 174 cm³/mol. The number of benzene rings is 2. The third-order valence-corrected chi connectivity index (χ3v) is 12.2. The zero-order valence-electron chi connectivity index (χ0n) is 27.3. The van der Waals surface area contributed by atoms with Gasteiger partial charge in [-0.15, -0.1) is 0 Å². The Bertz CT molecular complexity index is 1100. The van der Waals surface area contributed by atoms with Gasteiger partial charge in [-0.25, -0.2) is 0 Å². The molecule has 0 saturated heterocycles. The fraction of sp³-hybridized carbons (Fsp3) is 0.667. The molecule has 0 heterocycles. The molecule has 0 bridgehead atoms. The van der Waals surface area contributed by atoms with Gasteiger partial charge in [0.25, 0.3) is 0 Å². The highest BCUT2D eigenvalue weighted by atomic mass is 31.2. The van der Waals surface area contributed by atoms with E-state index < -0.39 is 13.4 Å². The molecule has 9 atom stereocenters. The van der Waals surface area contributed by atoms with Crippen LogP contribution < -0.4 is 10.1 Å². The Morgan fingerprint density at radius 3 is 1.67 bits per heavy atom. The highest BCUT2D eigenvalue weighted by Crippen LogP contribution is 2.65. The van der Waals surface area contributed by atoms with Crippen molar-refractivity contribution in [1.29, 1.82) is 0 Å². The smallest absolute Gasteiger partial charge is 0.352 e. The third-order valence-electron chi connectivity index (χ3n) is 9.94. The molecule has 42 heavy (non-hydrogen) atoms. The van der Waals surface area contributed by atoms with E-state index in [2.05, 4.69) is 78.0 Å². The third kappa shape index (κ3) is 8.29. The summed E-state index contributed by atoms with van der Waals surface area (Å²) in [5, 5.41) is 3.76. The number of ether oxygens (including phenoxy) is 1. The lowest BCUT2D eigenvalue weighted by atomic mass is 9.75. The van der Waals surface area contributed by atoms with Crippen LogP contribution in [0.3, 0.4) is 0 Å². The number of nitrogens with one attached hydrogen (secondary N) is 1. The van der Waals surface area contributed by atoms with E-state index in [0.717, 1.165) is 42.6 Å². The van der Waals surface area contributed by atoms with Gasteiger partial charge in [0.15, 0.2) is 0 Å². The summed E-state index contributed by atoms with van der Waals surface area (Å²) in [4.78, 5) is 0. The molecule has 2 aliphatic carbocycles. The molecule has 2 aromatic carbocycles. The van der Waals surface area contributed by atoms with Gasteiger partial charge >= 0.3 is 7.60 Å². The molecule has 0 aromatic heterocycles. The summed E-state index contributed by atoms with van der Waals surface area (Å²) in [5.74, 6) is 2.83. The maximum absolute atomic E-state index is 15.8. The molecular formula is C36H56NO4P. The van der Waals surface area contributed by atoms with Gasteiger partial charge in [-0.1, -0.05) is 96.8 Å². The molecule has 2 fully saturated rings. The van der Waals surface area contributed by atoms with Gasteiger partial charge in [-0.2, -0.15) is 0 Å². The average molecular weight is 598 g/mol. The number of methoxy groups -OCH3 is 1. The van der Waals surface area contributed by atoms with E-state index in [1.54, 1.807) is 7.11 Å². The van der Waals surface area contributed by atoms with Gasteiger partial charge in [-0.05, 0) is 91.4 Å². The molecule has 0 radical (unpaired) electrons. The van der Waals surface area contributed by atoms with Crippen LogP contribution in [0.15, 0.2) is 54.6 Å². The molecule has 0 aliphatic heterocycles. The minimum atomic E-state index is -3.75. The maximum atomic E-state index is 15.8. The van der Waals surface area contributed by atoms with Gasteiger partial charge in [0.05, 0.1) is 19.3 Å².